The Morgan fingerprint density at radius 1 is 1.00 bits per heavy atom. The number of hydrogen-bond acceptors (Lipinski definition) is 3. The van der Waals surface area contributed by atoms with E-state index in [1.165, 1.54) is 18.2 Å². The van der Waals surface area contributed by atoms with Crippen molar-refractivity contribution in [1.29, 1.82) is 0 Å². The number of amides is 1. The Bertz CT molecular complexity index is 823. The molecule has 0 saturated heterocycles. The molecule has 2 aromatic rings. The van der Waals surface area contributed by atoms with Crippen LogP contribution in [-0.4, -0.2) is 18.8 Å². The first-order valence-electron chi connectivity index (χ1n) is 7.21. The monoisotopic (exact) mass is 412 g/mol. The molecule has 2 N–H and O–H groups in total. The highest BCUT2D eigenvalue weighted by atomic mass is 35.5. The molecule has 0 heterocycles. The fourth-order valence-corrected chi connectivity index (χ4v) is 2.23. The third-order valence-corrected chi connectivity index (χ3v) is 3.35. The summed E-state index contributed by atoms with van der Waals surface area (Å²) in [5.74, 6) is -1.50. The Hall–Kier alpha value is -2.62. The first-order chi connectivity index (χ1) is 12.5. The number of carbonyl (C=O) groups is 1. The summed E-state index contributed by atoms with van der Waals surface area (Å²) < 4.78 is 79.8. The molecule has 0 spiro atoms. The standard InChI is InChI=1S/C16H11ClF6N2O2/c17-9-5-6-11(10(7-9)15(18,19)20)25-14(26)8-24-12-3-1-2-4-13(12)27-16(21,22)23/h1-7,24H,8H2,(H,25,26). The van der Waals surface area contributed by atoms with E-state index >= 15 is 0 Å². The molecule has 4 nitrogen and oxygen atoms in total. The van der Waals surface area contributed by atoms with Crippen molar-refractivity contribution < 1.29 is 35.9 Å². The van der Waals surface area contributed by atoms with Gasteiger partial charge in [0.25, 0.3) is 0 Å². The zero-order valence-corrected chi connectivity index (χ0v) is 14.0. The molecule has 0 radical (unpaired) electrons. The van der Waals surface area contributed by atoms with Crippen LogP contribution in [0.4, 0.5) is 37.7 Å². The topological polar surface area (TPSA) is 50.4 Å². The lowest BCUT2D eigenvalue weighted by Gasteiger charge is -2.16. The van der Waals surface area contributed by atoms with Crippen LogP contribution in [0.2, 0.25) is 5.02 Å². The molecule has 0 atom stereocenters. The van der Waals surface area contributed by atoms with Crippen molar-refractivity contribution in [2.75, 3.05) is 17.2 Å². The third-order valence-electron chi connectivity index (χ3n) is 3.11. The molecular weight excluding hydrogens is 402 g/mol. The summed E-state index contributed by atoms with van der Waals surface area (Å²) in [5.41, 5.74) is -1.83. The van der Waals surface area contributed by atoms with Crippen molar-refractivity contribution >= 4 is 28.9 Å². The molecule has 146 valence electrons. The molecule has 0 bridgehead atoms. The van der Waals surface area contributed by atoms with Gasteiger partial charge in [0.1, 0.15) is 0 Å². The summed E-state index contributed by atoms with van der Waals surface area (Å²) in [6, 6.07) is 7.71. The lowest BCUT2D eigenvalue weighted by atomic mass is 10.1. The zero-order valence-electron chi connectivity index (χ0n) is 13.2. The second-order valence-corrected chi connectivity index (χ2v) is 5.57. The molecule has 0 aliphatic carbocycles. The largest absolute Gasteiger partial charge is 0.573 e. The highest BCUT2D eigenvalue weighted by Gasteiger charge is 2.34. The number of para-hydroxylation sites is 2. The first-order valence-corrected chi connectivity index (χ1v) is 7.59. The van der Waals surface area contributed by atoms with E-state index in [0.29, 0.717) is 6.07 Å². The molecule has 2 aromatic carbocycles. The number of halogens is 7. The molecule has 1 amide bonds. The second-order valence-electron chi connectivity index (χ2n) is 5.13. The van der Waals surface area contributed by atoms with E-state index in [0.717, 1.165) is 18.2 Å². The van der Waals surface area contributed by atoms with Crippen LogP contribution in [0.5, 0.6) is 5.75 Å². The van der Waals surface area contributed by atoms with Crippen molar-refractivity contribution in [2.24, 2.45) is 0 Å². The van der Waals surface area contributed by atoms with Gasteiger partial charge in [0, 0.05) is 5.02 Å². The quantitative estimate of drug-likeness (QED) is 0.654. The van der Waals surface area contributed by atoms with Crippen molar-refractivity contribution in [1.82, 2.24) is 0 Å². The van der Waals surface area contributed by atoms with Gasteiger partial charge in [-0.25, -0.2) is 0 Å². The van der Waals surface area contributed by atoms with Crippen molar-refractivity contribution in [2.45, 2.75) is 12.5 Å². The van der Waals surface area contributed by atoms with Gasteiger partial charge in [-0.3, -0.25) is 4.79 Å². The predicted molar refractivity (Wildman–Crippen MR) is 86.7 cm³/mol. The molecule has 0 aliphatic rings. The second kappa shape index (κ2) is 7.95. The number of hydrogen-bond donors (Lipinski definition) is 2. The van der Waals surface area contributed by atoms with Crippen molar-refractivity contribution in [3.05, 3.63) is 53.1 Å². The molecule has 2 rings (SSSR count). The van der Waals surface area contributed by atoms with Gasteiger partial charge in [0.05, 0.1) is 23.5 Å². The molecule has 0 fully saturated rings. The molecular formula is C16H11ClF6N2O2. The number of anilines is 2. The Kier molecular flexibility index (Phi) is 6.09. The average molecular weight is 413 g/mol. The minimum absolute atomic E-state index is 0.155. The molecule has 0 aromatic heterocycles. The number of carbonyl (C=O) groups excluding carboxylic acids is 1. The number of benzene rings is 2. The van der Waals surface area contributed by atoms with Gasteiger partial charge in [-0.05, 0) is 30.3 Å². The van der Waals surface area contributed by atoms with Crippen LogP contribution in [0.25, 0.3) is 0 Å². The summed E-state index contributed by atoms with van der Waals surface area (Å²) in [6.07, 6.45) is -9.70. The third kappa shape index (κ3) is 6.24. The first kappa shape index (κ1) is 20.7. The Labute approximate surface area is 154 Å². The van der Waals surface area contributed by atoms with Crippen LogP contribution in [0.15, 0.2) is 42.5 Å². The van der Waals surface area contributed by atoms with E-state index in [-0.39, 0.29) is 10.7 Å². The molecule has 0 aliphatic heterocycles. The minimum Gasteiger partial charge on any atom is -0.404 e. The van der Waals surface area contributed by atoms with Gasteiger partial charge < -0.3 is 15.4 Å². The van der Waals surface area contributed by atoms with Crippen LogP contribution in [0, 0.1) is 0 Å². The molecule has 11 heteroatoms. The Balaban J connectivity index is 2.09. The lowest BCUT2D eigenvalue weighted by Crippen LogP contribution is -2.24. The van der Waals surface area contributed by atoms with Crippen LogP contribution >= 0.6 is 11.6 Å². The summed E-state index contributed by atoms with van der Waals surface area (Å²) in [7, 11) is 0. The maximum Gasteiger partial charge on any atom is 0.573 e. The fraction of sp³-hybridized carbons (Fsp3) is 0.188. The predicted octanol–water partition coefficient (Wildman–Crippen LogP) is 5.31. The van der Waals surface area contributed by atoms with E-state index < -0.39 is 42.0 Å². The van der Waals surface area contributed by atoms with E-state index in [9.17, 15) is 31.1 Å². The summed E-state index contributed by atoms with van der Waals surface area (Å²) in [6.45, 7) is -0.599. The number of nitrogens with one attached hydrogen (secondary N) is 2. The maximum absolute atomic E-state index is 13.0. The lowest BCUT2D eigenvalue weighted by molar-refractivity contribution is -0.274. The summed E-state index contributed by atoms with van der Waals surface area (Å²) in [5, 5.41) is 4.25. The SMILES string of the molecule is O=C(CNc1ccccc1OC(F)(F)F)Nc1ccc(Cl)cc1C(F)(F)F. The van der Waals surface area contributed by atoms with Crippen molar-refractivity contribution in [3.63, 3.8) is 0 Å². The van der Waals surface area contributed by atoms with Crippen LogP contribution in [0.1, 0.15) is 5.56 Å². The van der Waals surface area contributed by atoms with Gasteiger partial charge in [0.15, 0.2) is 5.75 Å². The highest BCUT2D eigenvalue weighted by molar-refractivity contribution is 6.30. The van der Waals surface area contributed by atoms with Gasteiger partial charge in [-0.1, -0.05) is 23.7 Å². The maximum atomic E-state index is 13.0. The zero-order chi connectivity index (χ0) is 20.2. The van der Waals surface area contributed by atoms with Crippen molar-refractivity contribution in [3.8, 4) is 5.75 Å². The van der Waals surface area contributed by atoms with E-state index in [1.54, 1.807) is 0 Å². The molecule has 0 unspecified atom stereocenters. The summed E-state index contributed by atoms with van der Waals surface area (Å²) >= 11 is 5.54. The van der Waals surface area contributed by atoms with Gasteiger partial charge in [-0.2, -0.15) is 13.2 Å². The Morgan fingerprint density at radius 3 is 2.30 bits per heavy atom. The average Bonchev–Trinajstić information content (AvgIpc) is 2.53. The normalized spacial score (nSPS) is 11.8. The Morgan fingerprint density at radius 2 is 1.67 bits per heavy atom. The molecule has 0 saturated carbocycles. The van der Waals surface area contributed by atoms with E-state index in [1.807, 2.05) is 5.32 Å². The number of alkyl halides is 6. The van der Waals surface area contributed by atoms with Gasteiger partial charge in [-0.15, -0.1) is 13.2 Å². The highest BCUT2D eigenvalue weighted by Crippen LogP contribution is 2.36. The number of ether oxygens (including phenoxy) is 1. The van der Waals surface area contributed by atoms with Gasteiger partial charge >= 0.3 is 12.5 Å². The van der Waals surface area contributed by atoms with E-state index in [2.05, 4.69) is 10.1 Å². The van der Waals surface area contributed by atoms with Crippen LogP contribution in [-0.2, 0) is 11.0 Å². The fourth-order valence-electron chi connectivity index (χ4n) is 2.06. The van der Waals surface area contributed by atoms with E-state index in [4.69, 9.17) is 11.6 Å². The van der Waals surface area contributed by atoms with Crippen LogP contribution < -0.4 is 15.4 Å². The summed E-state index contributed by atoms with van der Waals surface area (Å²) in [4.78, 5) is 11.9. The minimum atomic E-state index is -4.94. The van der Waals surface area contributed by atoms with Gasteiger partial charge in [0.2, 0.25) is 5.91 Å². The smallest absolute Gasteiger partial charge is 0.404 e. The molecule has 27 heavy (non-hydrogen) atoms. The number of rotatable bonds is 5. The van der Waals surface area contributed by atoms with Crippen LogP contribution in [0.3, 0.4) is 0 Å².